The molecule has 21 heavy (non-hydrogen) atoms. The van der Waals surface area contributed by atoms with Gasteiger partial charge < -0.3 is 15.4 Å². The van der Waals surface area contributed by atoms with Gasteiger partial charge in [0.25, 0.3) is 0 Å². The minimum atomic E-state index is -0.315. The average molecular weight is 306 g/mol. The number of nitrogens with two attached hydrogens (primary N) is 1. The molecule has 0 atom stereocenters. The molecule has 2 N–H and O–H groups in total. The van der Waals surface area contributed by atoms with Crippen molar-refractivity contribution in [1.29, 1.82) is 0 Å². The Labute approximate surface area is 126 Å². The molecule has 2 heterocycles. The van der Waals surface area contributed by atoms with Gasteiger partial charge in [-0.25, -0.2) is 9.37 Å². The Hall–Kier alpha value is -2.02. The predicted molar refractivity (Wildman–Crippen MR) is 82.5 cm³/mol. The van der Waals surface area contributed by atoms with Gasteiger partial charge >= 0.3 is 0 Å². The van der Waals surface area contributed by atoms with Crippen molar-refractivity contribution in [2.24, 2.45) is 0 Å². The minimum Gasteiger partial charge on any atom is -0.437 e. The summed E-state index contributed by atoms with van der Waals surface area (Å²) in [6, 6.07) is 5.73. The third-order valence-electron chi connectivity index (χ3n) is 3.17. The number of halogens is 1. The van der Waals surface area contributed by atoms with Crippen molar-refractivity contribution in [2.45, 2.75) is 0 Å². The predicted octanol–water partition coefficient (Wildman–Crippen LogP) is 2.54. The molecule has 1 aromatic carbocycles. The Morgan fingerprint density at radius 1 is 1.14 bits per heavy atom. The Morgan fingerprint density at radius 3 is 2.57 bits per heavy atom. The van der Waals surface area contributed by atoms with Crippen LogP contribution >= 0.6 is 11.8 Å². The first kappa shape index (κ1) is 13.9. The van der Waals surface area contributed by atoms with Gasteiger partial charge in [0, 0.05) is 24.6 Å². The van der Waals surface area contributed by atoms with Crippen LogP contribution in [-0.4, -0.2) is 34.6 Å². The molecular weight excluding hydrogens is 291 g/mol. The molecule has 0 amide bonds. The van der Waals surface area contributed by atoms with Crippen molar-refractivity contribution < 1.29 is 9.13 Å². The van der Waals surface area contributed by atoms with Crippen molar-refractivity contribution in [3.8, 4) is 11.6 Å². The van der Waals surface area contributed by atoms with E-state index >= 15 is 0 Å². The van der Waals surface area contributed by atoms with E-state index in [4.69, 9.17) is 10.5 Å². The van der Waals surface area contributed by atoms with E-state index in [-0.39, 0.29) is 5.82 Å². The number of rotatable bonds is 3. The maximum atomic E-state index is 12.9. The molecule has 1 fully saturated rings. The standard InChI is InChI=1S/C14H15FN4OS/c15-10-1-3-11(4-2-10)20-14-12(16)13(17-9-18-14)19-5-7-21-8-6-19/h1-4,9H,5-8,16H2. The summed E-state index contributed by atoms with van der Waals surface area (Å²) in [5.74, 6) is 3.27. The van der Waals surface area contributed by atoms with Crippen LogP contribution in [0.25, 0.3) is 0 Å². The molecule has 110 valence electrons. The molecule has 0 radical (unpaired) electrons. The molecule has 0 spiro atoms. The summed E-state index contributed by atoms with van der Waals surface area (Å²) in [5, 5.41) is 0. The molecule has 0 unspecified atom stereocenters. The Morgan fingerprint density at radius 2 is 1.86 bits per heavy atom. The maximum absolute atomic E-state index is 12.9. The molecule has 5 nitrogen and oxygen atoms in total. The number of hydrogen-bond donors (Lipinski definition) is 1. The first-order chi connectivity index (χ1) is 10.2. The summed E-state index contributed by atoms with van der Waals surface area (Å²) in [6.45, 7) is 1.81. The van der Waals surface area contributed by atoms with E-state index in [0.717, 1.165) is 24.6 Å². The van der Waals surface area contributed by atoms with Crippen LogP contribution in [0.15, 0.2) is 30.6 Å². The Balaban J connectivity index is 1.84. The van der Waals surface area contributed by atoms with E-state index in [2.05, 4.69) is 14.9 Å². The monoisotopic (exact) mass is 306 g/mol. The van der Waals surface area contributed by atoms with Crippen molar-refractivity contribution in [3.05, 3.63) is 36.4 Å². The number of anilines is 2. The van der Waals surface area contributed by atoms with E-state index in [1.807, 2.05) is 11.8 Å². The second-order valence-corrected chi connectivity index (χ2v) is 5.80. The lowest BCUT2D eigenvalue weighted by Gasteiger charge is -2.28. The van der Waals surface area contributed by atoms with Gasteiger partial charge in [0.2, 0.25) is 5.88 Å². The molecule has 1 aliphatic heterocycles. The molecule has 0 aliphatic carbocycles. The molecule has 3 rings (SSSR count). The lowest BCUT2D eigenvalue weighted by Crippen LogP contribution is -2.33. The van der Waals surface area contributed by atoms with Crippen molar-refractivity contribution in [3.63, 3.8) is 0 Å². The third kappa shape index (κ3) is 3.18. The number of hydrogen-bond acceptors (Lipinski definition) is 6. The summed E-state index contributed by atoms with van der Waals surface area (Å²) in [6.07, 6.45) is 1.44. The smallest absolute Gasteiger partial charge is 0.248 e. The normalized spacial score (nSPS) is 15.0. The zero-order valence-corrected chi connectivity index (χ0v) is 12.1. The quantitative estimate of drug-likeness (QED) is 0.940. The molecule has 1 aromatic heterocycles. The van der Waals surface area contributed by atoms with Crippen LogP contribution in [0.1, 0.15) is 0 Å². The second-order valence-electron chi connectivity index (χ2n) is 4.57. The lowest BCUT2D eigenvalue weighted by atomic mass is 10.3. The van der Waals surface area contributed by atoms with Crippen LogP contribution in [0.3, 0.4) is 0 Å². The van der Waals surface area contributed by atoms with Crippen LogP contribution in [0.4, 0.5) is 15.9 Å². The van der Waals surface area contributed by atoms with E-state index in [9.17, 15) is 4.39 Å². The fourth-order valence-corrected chi connectivity index (χ4v) is 3.00. The van der Waals surface area contributed by atoms with Gasteiger partial charge in [0.05, 0.1) is 0 Å². The van der Waals surface area contributed by atoms with E-state index < -0.39 is 0 Å². The SMILES string of the molecule is Nc1c(Oc2ccc(F)cc2)ncnc1N1CCSCC1. The van der Waals surface area contributed by atoms with Crippen LogP contribution in [0, 0.1) is 5.82 Å². The first-order valence-electron chi connectivity index (χ1n) is 6.60. The molecule has 0 bridgehead atoms. The van der Waals surface area contributed by atoms with Crippen LogP contribution in [0.2, 0.25) is 0 Å². The summed E-state index contributed by atoms with van der Waals surface area (Å²) >= 11 is 1.91. The zero-order valence-electron chi connectivity index (χ0n) is 11.3. The minimum absolute atomic E-state index is 0.296. The van der Waals surface area contributed by atoms with Gasteiger partial charge in [0.15, 0.2) is 5.82 Å². The summed E-state index contributed by atoms with van der Waals surface area (Å²) < 4.78 is 18.5. The molecule has 1 saturated heterocycles. The van der Waals surface area contributed by atoms with Gasteiger partial charge in [0.1, 0.15) is 23.6 Å². The van der Waals surface area contributed by atoms with Crippen molar-refractivity contribution in [1.82, 2.24) is 9.97 Å². The van der Waals surface area contributed by atoms with E-state index in [0.29, 0.717) is 23.1 Å². The number of nitrogen functional groups attached to an aromatic ring is 1. The molecule has 2 aromatic rings. The van der Waals surface area contributed by atoms with Gasteiger partial charge in [-0.2, -0.15) is 16.7 Å². The number of ether oxygens (including phenoxy) is 1. The molecular formula is C14H15FN4OS. The highest BCUT2D eigenvalue weighted by atomic mass is 32.2. The second kappa shape index (κ2) is 6.17. The largest absolute Gasteiger partial charge is 0.437 e. The highest BCUT2D eigenvalue weighted by molar-refractivity contribution is 7.99. The zero-order chi connectivity index (χ0) is 14.7. The maximum Gasteiger partial charge on any atom is 0.248 e. The molecule has 0 saturated carbocycles. The summed E-state index contributed by atoms with van der Waals surface area (Å²) in [7, 11) is 0. The Kier molecular flexibility index (Phi) is 4.10. The molecule has 7 heteroatoms. The highest BCUT2D eigenvalue weighted by Gasteiger charge is 2.18. The first-order valence-corrected chi connectivity index (χ1v) is 7.76. The van der Waals surface area contributed by atoms with Gasteiger partial charge in [-0.15, -0.1) is 0 Å². The van der Waals surface area contributed by atoms with E-state index in [1.54, 1.807) is 0 Å². The highest BCUT2D eigenvalue weighted by Crippen LogP contribution is 2.32. The summed E-state index contributed by atoms with van der Waals surface area (Å²) in [5.41, 5.74) is 6.53. The van der Waals surface area contributed by atoms with Gasteiger partial charge in [-0.1, -0.05) is 0 Å². The van der Waals surface area contributed by atoms with Crippen LogP contribution < -0.4 is 15.4 Å². The number of nitrogens with zero attached hydrogens (tertiary/aromatic N) is 3. The van der Waals surface area contributed by atoms with Crippen LogP contribution in [0.5, 0.6) is 11.6 Å². The number of aromatic nitrogens is 2. The topological polar surface area (TPSA) is 64.3 Å². The Bertz CT molecular complexity index is 617. The number of thioether (sulfide) groups is 1. The van der Waals surface area contributed by atoms with Crippen LogP contribution in [-0.2, 0) is 0 Å². The van der Waals surface area contributed by atoms with E-state index in [1.165, 1.54) is 30.6 Å². The third-order valence-corrected chi connectivity index (χ3v) is 4.11. The fourth-order valence-electron chi connectivity index (χ4n) is 2.09. The fraction of sp³-hybridized carbons (Fsp3) is 0.286. The van der Waals surface area contributed by atoms with Crippen molar-refractivity contribution in [2.75, 3.05) is 35.2 Å². The molecule has 1 aliphatic rings. The average Bonchev–Trinajstić information content (AvgIpc) is 2.52. The lowest BCUT2D eigenvalue weighted by molar-refractivity contribution is 0.462. The van der Waals surface area contributed by atoms with Crippen molar-refractivity contribution >= 4 is 23.3 Å². The van der Waals surface area contributed by atoms with Gasteiger partial charge in [-0.3, -0.25) is 0 Å². The van der Waals surface area contributed by atoms with Gasteiger partial charge in [-0.05, 0) is 24.3 Å². The number of benzene rings is 1. The summed E-state index contributed by atoms with van der Waals surface area (Å²) in [4.78, 5) is 10.5.